The fourth-order valence-corrected chi connectivity index (χ4v) is 3.08. The minimum Gasteiger partial charge on any atom is -0.497 e. The number of fused-ring (bicyclic) bond motifs is 1. The fourth-order valence-electron chi connectivity index (χ4n) is 2.95. The Morgan fingerprint density at radius 1 is 0.800 bits per heavy atom. The van der Waals surface area contributed by atoms with E-state index in [1.165, 1.54) is 0 Å². The maximum absolute atomic E-state index is 6.05. The van der Waals surface area contributed by atoms with E-state index in [0.717, 1.165) is 44.1 Å². The summed E-state index contributed by atoms with van der Waals surface area (Å²) >= 11 is 6.05. The van der Waals surface area contributed by atoms with Gasteiger partial charge in [-0.3, -0.25) is 0 Å². The molecule has 2 nitrogen and oxygen atoms in total. The molecule has 0 saturated carbocycles. The fraction of sp³-hybridized carbons (Fsp3) is 0.0455. The first kappa shape index (κ1) is 15.7. The van der Waals surface area contributed by atoms with Crippen LogP contribution in [0.15, 0.2) is 78.9 Å². The van der Waals surface area contributed by atoms with Crippen molar-refractivity contribution < 1.29 is 4.74 Å². The minimum absolute atomic E-state index is 0.734. The predicted molar refractivity (Wildman–Crippen MR) is 104 cm³/mol. The quantitative estimate of drug-likeness (QED) is 0.439. The first-order valence-electron chi connectivity index (χ1n) is 8.05. The number of halogens is 1. The van der Waals surface area contributed by atoms with E-state index in [0.29, 0.717) is 0 Å². The van der Waals surface area contributed by atoms with Crippen LogP contribution < -0.4 is 4.74 Å². The third-order valence-electron chi connectivity index (χ3n) is 4.26. The van der Waals surface area contributed by atoms with Crippen molar-refractivity contribution in [2.45, 2.75) is 0 Å². The van der Waals surface area contributed by atoms with Gasteiger partial charge in [-0.2, -0.15) is 0 Å². The summed E-state index contributed by atoms with van der Waals surface area (Å²) in [5, 5.41) is 1.86. The van der Waals surface area contributed by atoms with Gasteiger partial charge in [0.05, 0.1) is 18.3 Å². The van der Waals surface area contributed by atoms with E-state index in [1.807, 2.05) is 66.7 Å². The maximum atomic E-state index is 6.05. The van der Waals surface area contributed by atoms with Crippen molar-refractivity contribution in [3.05, 3.63) is 83.9 Å². The molecule has 3 heteroatoms. The van der Waals surface area contributed by atoms with Gasteiger partial charge in [0.1, 0.15) is 5.75 Å². The zero-order valence-electron chi connectivity index (χ0n) is 13.7. The molecule has 0 aliphatic heterocycles. The summed E-state index contributed by atoms with van der Waals surface area (Å²) in [4.78, 5) is 4.84. The van der Waals surface area contributed by atoms with Crippen LogP contribution in [0.3, 0.4) is 0 Å². The summed E-state index contributed by atoms with van der Waals surface area (Å²) in [6.07, 6.45) is 0. The Kier molecular flexibility index (Phi) is 4.12. The lowest BCUT2D eigenvalue weighted by molar-refractivity contribution is 0.415. The molecule has 0 saturated heterocycles. The van der Waals surface area contributed by atoms with E-state index in [2.05, 4.69) is 12.1 Å². The van der Waals surface area contributed by atoms with E-state index in [4.69, 9.17) is 21.3 Å². The largest absolute Gasteiger partial charge is 0.497 e. The lowest BCUT2D eigenvalue weighted by atomic mass is 9.98. The van der Waals surface area contributed by atoms with Gasteiger partial charge in [0.25, 0.3) is 0 Å². The highest BCUT2D eigenvalue weighted by atomic mass is 35.5. The van der Waals surface area contributed by atoms with Gasteiger partial charge in [-0.05, 0) is 59.7 Å². The molecule has 25 heavy (non-hydrogen) atoms. The topological polar surface area (TPSA) is 22.1 Å². The standard InChI is InChI=1S/C22H16ClNO/c1-25-18-12-8-16(9-13-18)22-14-20(15-6-10-17(23)11-7-15)19-4-2-3-5-21(19)24-22/h2-14H,1H3. The van der Waals surface area contributed by atoms with Crippen LogP contribution in [0.1, 0.15) is 0 Å². The van der Waals surface area contributed by atoms with Crippen LogP contribution in [0.2, 0.25) is 5.02 Å². The van der Waals surface area contributed by atoms with Gasteiger partial charge >= 0.3 is 0 Å². The first-order valence-corrected chi connectivity index (χ1v) is 8.42. The molecule has 0 unspecified atom stereocenters. The second-order valence-corrected chi connectivity index (χ2v) is 6.24. The number of hydrogen-bond acceptors (Lipinski definition) is 2. The molecular weight excluding hydrogens is 330 g/mol. The van der Waals surface area contributed by atoms with Gasteiger partial charge in [-0.25, -0.2) is 4.98 Å². The van der Waals surface area contributed by atoms with E-state index < -0.39 is 0 Å². The normalized spacial score (nSPS) is 10.8. The van der Waals surface area contributed by atoms with Gasteiger partial charge in [0, 0.05) is 16.0 Å². The number of para-hydroxylation sites is 1. The van der Waals surface area contributed by atoms with Crippen LogP contribution in [0.5, 0.6) is 5.75 Å². The monoisotopic (exact) mass is 345 g/mol. The molecule has 3 aromatic carbocycles. The van der Waals surface area contributed by atoms with Crippen molar-refractivity contribution in [3.63, 3.8) is 0 Å². The highest BCUT2D eigenvalue weighted by Gasteiger charge is 2.09. The molecule has 0 bridgehead atoms. The Morgan fingerprint density at radius 3 is 2.20 bits per heavy atom. The highest BCUT2D eigenvalue weighted by molar-refractivity contribution is 6.30. The van der Waals surface area contributed by atoms with Gasteiger partial charge in [0.15, 0.2) is 0 Å². The van der Waals surface area contributed by atoms with E-state index in [-0.39, 0.29) is 0 Å². The van der Waals surface area contributed by atoms with Crippen molar-refractivity contribution in [1.29, 1.82) is 0 Å². The molecule has 122 valence electrons. The Bertz CT molecular complexity index is 1020. The third kappa shape index (κ3) is 3.09. The average Bonchev–Trinajstić information content (AvgIpc) is 2.68. The van der Waals surface area contributed by atoms with Crippen LogP contribution in [0.25, 0.3) is 33.3 Å². The molecular formula is C22H16ClNO. The molecule has 4 aromatic rings. The molecule has 1 heterocycles. The molecule has 0 N–H and O–H groups in total. The molecule has 4 rings (SSSR count). The van der Waals surface area contributed by atoms with Crippen molar-refractivity contribution >= 4 is 22.5 Å². The molecule has 0 fully saturated rings. The summed E-state index contributed by atoms with van der Waals surface area (Å²) in [6, 6.07) is 26.2. The summed E-state index contributed by atoms with van der Waals surface area (Å²) in [5.74, 6) is 0.836. The van der Waals surface area contributed by atoms with Crippen LogP contribution >= 0.6 is 11.6 Å². The third-order valence-corrected chi connectivity index (χ3v) is 4.51. The van der Waals surface area contributed by atoms with Gasteiger partial charge < -0.3 is 4.74 Å². The van der Waals surface area contributed by atoms with E-state index >= 15 is 0 Å². The molecule has 0 amide bonds. The van der Waals surface area contributed by atoms with Crippen LogP contribution in [-0.4, -0.2) is 12.1 Å². The first-order chi connectivity index (χ1) is 12.2. The number of ether oxygens (including phenoxy) is 1. The Balaban J connectivity index is 1.92. The number of aromatic nitrogens is 1. The van der Waals surface area contributed by atoms with Gasteiger partial charge in [-0.1, -0.05) is 41.9 Å². The second kappa shape index (κ2) is 6.58. The maximum Gasteiger partial charge on any atom is 0.118 e. The van der Waals surface area contributed by atoms with Crippen molar-refractivity contribution in [3.8, 4) is 28.1 Å². The number of hydrogen-bond donors (Lipinski definition) is 0. The van der Waals surface area contributed by atoms with E-state index in [1.54, 1.807) is 7.11 Å². The molecule has 0 spiro atoms. The number of benzene rings is 3. The molecule has 0 aliphatic carbocycles. The highest BCUT2D eigenvalue weighted by Crippen LogP contribution is 2.33. The summed E-state index contributed by atoms with van der Waals surface area (Å²) in [5.41, 5.74) is 5.24. The summed E-state index contributed by atoms with van der Waals surface area (Å²) < 4.78 is 5.25. The van der Waals surface area contributed by atoms with Crippen LogP contribution in [-0.2, 0) is 0 Å². The molecule has 1 aromatic heterocycles. The smallest absolute Gasteiger partial charge is 0.118 e. The lowest BCUT2D eigenvalue weighted by Crippen LogP contribution is -1.90. The minimum atomic E-state index is 0.734. The predicted octanol–water partition coefficient (Wildman–Crippen LogP) is 6.23. The summed E-state index contributed by atoms with van der Waals surface area (Å²) in [6.45, 7) is 0. The van der Waals surface area contributed by atoms with Crippen molar-refractivity contribution in [2.75, 3.05) is 7.11 Å². The van der Waals surface area contributed by atoms with Gasteiger partial charge in [0.2, 0.25) is 0 Å². The summed E-state index contributed by atoms with van der Waals surface area (Å²) in [7, 11) is 1.67. The Morgan fingerprint density at radius 2 is 1.48 bits per heavy atom. The molecule has 0 radical (unpaired) electrons. The van der Waals surface area contributed by atoms with Crippen LogP contribution in [0.4, 0.5) is 0 Å². The molecule has 0 atom stereocenters. The second-order valence-electron chi connectivity index (χ2n) is 5.81. The van der Waals surface area contributed by atoms with E-state index in [9.17, 15) is 0 Å². The average molecular weight is 346 g/mol. The zero-order chi connectivity index (χ0) is 17.2. The van der Waals surface area contributed by atoms with Gasteiger partial charge in [-0.15, -0.1) is 0 Å². The van der Waals surface area contributed by atoms with Crippen molar-refractivity contribution in [2.24, 2.45) is 0 Å². The SMILES string of the molecule is COc1ccc(-c2cc(-c3ccc(Cl)cc3)c3ccccc3n2)cc1. The number of rotatable bonds is 3. The number of pyridine rings is 1. The Hall–Kier alpha value is -2.84. The van der Waals surface area contributed by atoms with Crippen LogP contribution in [0, 0.1) is 0 Å². The molecule has 0 aliphatic rings. The zero-order valence-corrected chi connectivity index (χ0v) is 14.5. The van der Waals surface area contributed by atoms with Crippen molar-refractivity contribution in [1.82, 2.24) is 4.98 Å². The lowest BCUT2D eigenvalue weighted by Gasteiger charge is -2.11. The number of nitrogens with zero attached hydrogens (tertiary/aromatic N) is 1. The number of methoxy groups -OCH3 is 1. The Labute approximate surface area is 151 Å².